The van der Waals surface area contributed by atoms with E-state index in [1.165, 1.54) is 17.0 Å². The van der Waals surface area contributed by atoms with E-state index >= 15 is 0 Å². The molecule has 1 N–H and O–H groups in total. The zero-order chi connectivity index (χ0) is 21.2. The Morgan fingerprint density at radius 1 is 0.871 bits per heavy atom. The molecular formula is C26H24N4S. The molecule has 5 heteroatoms. The van der Waals surface area contributed by atoms with Gasteiger partial charge in [0.15, 0.2) is 5.11 Å². The highest BCUT2D eigenvalue weighted by Crippen LogP contribution is 2.41. The highest BCUT2D eigenvalue weighted by atomic mass is 32.1. The van der Waals surface area contributed by atoms with Crippen molar-refractivity contribution >= 4 is 17.3 Å². The van der Waals surface area contributed by atoms with E-state index in [1.807, 2.05) is 30.5 Å². The second-order valence-electron chi connectivity index (χ2n) is 7.81. The molecule has 31 heavy (non-hydrogen) atoms. The van der Waals surface area contributed by atoms with Gasteiger partial charge in [0.2, 0.25) is 0 Å². The molecule has 1 aliphatic heterocycles. The van der Waals surface area contributed by atoms with Crippen molar-refractivity contribution < 1.29 is 0 Å². The number of nitrogens with zero attached hydrogens (tertiary/aromatic N) is 3. The highest BCUT2D eigenvalue weighted by Gasteiger charge is 2.41. The van der Waals surface area contributed by atoms with Crippen molar-refractivity contribution in [3.05, 3.63) is 120 Å². The van der Waals surface area contributed by atoms with Crippen LogP contribution >= 0.6 is 12.2 Å². The van der Waals surface area contributed by atoms with Crippen LogP contribution in [0.15, 0.2) is 97.2 Å². The van der Waals surface area contributed by atoms with Gasteiger partial charge in [-0.15, -0.1) is 0 Å². The normalized spacial score (nSPS) is 18.2. The van der Waals surface area contributed by atoms with Gasteiger partial charge in [0.1, 0.15) is 0 Å². The maximum atomic E-state index is 5.84. The largest absolute Gasteiger partial charge is 0.352 e. The molecule has 2 atom stereocenters. The van der Waals surface area contributed by atoms with Crippen LogP contribution in [0.4, 0.5) is 0 Å². The number of thiocarbonyl (C=S) groups is 1. The number of para-hydroxylation sites is 1. The summed E-state index contributed by atoms with van der Waals surface area (Å²) in [6, 6.07) is 31.4. The molecule has 154 valence electrons. The van der Waals surface area contributed by atoms with E-state index in [4.69, 9.17) is 12.2 Å². The van der Waals surface area contributed by atoms with Crippen LogP contribution in [0.5, 0.6) is 0 Å². The quantitative estimate of drug-likeness (QED) is 0.438. The van der Waals surface area contributed by atoms with Gasteiger partial charge in [-0.25, -0.2) is 0 Å². The first kappa shape index (κ1) is 19.5. The predicted octanol–water partition coefficient (Wildman–Crippen LogP) is 5.35. The van der Waals surface area contributed by atoms with Crippen LogP contribution in [0, 0.1) is 6.92 Å². The second-order valence-corrected chi connectivity index (χ2v) is 8.20. The van der Waals surface area contributed by atoms with E-state index in [0.29, 0.717) is 0 Å². The molecule has 3 heterocycles. The van der Waals surface area contributed by atoms with Crippen LogP contribution in [-0.4, -0.2) is 19.6 Å². The van der Waals surface area contributed by atoms with Crippen LogP contribution in [0.2, 0.25) is 0 Å². The van der Waals surface area contributed by atoms with Crippen molar-refractivity contribution in [3.8, 4) is 5.69 Å². The molecule has 0 aliphatic carbocycles. The summed E-state index contributed by atoms with van der Waals surface area (Å²) in [5.41, 5.74) is 5.76. The number of pyridine rings is 1. The smallest absolute Gasteiger partial charge is 0.170 e. The minimum atomic E-state index is -0.0332. The van der Waals surface area contributed by atoms with Gasteiger partial charge < -0.3 is 14.8 Å². The molecule has 4 aromatic rings. The lowest BCUT2D eigenvalue weighted by molar-refractivity contribution is 0.302. The standard InChI is InChI=1S/C26H24N4S/c1-19-15-16-23(30(19)21-12-6-3-7-13-21)25-24(22-14-8-9-17-27-22)28-26(31)29(25)18-20-10-4-2-5-11-20/h2-17,24-25H,18H2,1H3,(H,28,31)/t24-,25+/m1/s1. The Kier molecular flexibility index (Phi) is 5.26. The molecule has 1 saturated heterocycles. The summed E-state index contributed by atoms with van der Waals surface area (Å²) < 4.78 is 2.33. The molecule has 0 amide bonds. The zero-order valence-corrected chi connectivity index (χ0v) is 18.2. The highest BCUT2D eigenvalue weighted by molar-refractivity contribution is 7.80. The lowest BCUT2D eigenvalue weighted by Gasteiger charge is -2.29. The fourth-order valence-electron chi connectivity index (χ4n) is 4.40. The minimum absolute atomic E-state index is 0.0107. The van der Waals surface area contributed by atoms with Crippen LogP contribution in [0.3, 0.4) is 0 Å². The van der Waals surface area contributed by atoms with Crippen LogP contribution in [-0.2, 0) is 6.54 Å². The maximum Gasteiger partial charge on any atom is 0.170 e. The van der Waals surface area contributed by atoms with E-state index in [1.54, 1.807) is 0 Å². The SMILES string of the molecule is Cc1ccc([C@H]2[C@@H](c3ccccn3)NC(=S)N2Cc2ccccc2)n1-c1ccccc1. The Morgan fingerprint density at radius 3 is 2.29 bits per heavy atom. The van der Waals surface area contributed by atoms with E-state index in [9.17, 15) is 0 Å². The summed E-state index contributed by atoms with van der Waals surface area (Å²) in [4.78, 5) is 6.95. The van der Waals surface area contributed by atoms with Gasteiger partial charge in [-0.2, -0.15) is 0 Å². The average Bonchev–Trinajstić information content (AvgIpc) is 3.35. The number of benzene rings is 2. The second kappa shape index (κ2) is 8.36. The molecule has 2 aromatic heterocycles. The van der Waals surface area contributed by atoms with Crippen LogP contribution in [0.1, 0.15) is 34.7 Å². The number of hydrogen-bond acceptors (Lipinski definition) is 2. The summed E-state index contributed by atoms with van der Waals surface area (Å²) in [6.07, 6.45) is 1.85. The Bertz CT molecular complexity index is 1170. The van der Waals surface area contributed by atoms with E-state index in [2.05, 4.69) is 93.4 Å². The van der Waals surface area contributed by atoms with Gasteiger partial charge in [-0.05, 0) is 61.1 Å². The molecule has 0 unspecified atom stereocenters. The molecule has 1 aliphatic rings. The number of aryl methyl sites for hydroxylation is 1. The lowest BCUT2D eigenvalue weighted by Crippen LogP contribution is -2.30. The first-order valence-electron chi connectivity index (χ1n) is 10.5. The van der Waals surface area contributed by atoms with E-state index in [0.717, 1.165) is 23.0 Å². The molecule has 5 rings (SSSR count). The first-order chi connectivity index (χ1) is 15.2. The van der Waals surface area contributed by atoms with Crippen molar-refractivity contribution in [3.63, 3.8) is 0 Å². The van der Waals surface area contributed by atoms with Crippen molar-refractivity contribution in [2.24, 2.45) is 0 Å². The fraction of sp³-hybridized carbons (Fsp3) is 0.154. The molecule has 0 radical (unpaired) electrons. The molecule has 2 aromatic carbocycles. The monoisotopic (exact) mass is 424 g/mol. The van der Waals surface area contributed by atoms with Gasteiger partial charge >= 0.3 is 0 Å². The molecule has 4 nitrogen and oxygen atoms in total. The van der Waals surface area contributed by atoms with Gasteiger partial charge in [-0.1, -0.05) is 54.6 Å². The lowest BCUT2D eigenvalue weighted by atomic mass is 10.0. The van der Waals surface area contributed by atoms with Gasteiger partial charge in [0.25, 0.3) is 0 Å². The van der Waals surface area contributed by atoms with Gasteiger partial charge in [0, 0.05) is 29.8 Å². The van der Waals surface area contributed by atoms with Crippen molar-refractivity contribution in [1.29, 1.82) is 0 Å². The van der Waals surface area contributed by atoms with Crippen molar-refractivity contribution in [2.75, 3.05) is 0 Å². The topological polar surface area (TPSA) is 33.1 Å². The number of rotatable bonds is 5. The van der Waals surface area contributed by atoms with E-state index < -0.39 is 0 Å². The van der Waals surface area contributed by atoms with Crippen molar-refractivity contribution in [2.45, 2.75) is 25.6 Å². The molecule has 1 fully saturated rings. The Labute approximate surface area is 188 Å². The maximum absolute atomic E-state index is 5.84. The third-order valence-corrected chi connectivity index (χ3v) is 6.17. The minimum Gasteiger partial charge on any atom is -0.352 e. The zero-order valence-electron chi connectivity index (χ0n) is 17.3. The Hall–Kier alpha value is -3.44. The number of nitrogens with one attached hydrogen (secondary N) is 1. The van der Waals surface area contributed by atoms with Gasteiger partial charge in [0.05, 0.1) is 17.8 Å². The summed E-state index contributed by atoms with van der Waals surface area (Å²) in [6.45, 7) is 2.88. The van der Waals surface area contributed by atoms with Gasteiger partial charge in [-0.3, -0.25) is 4.98 Å². The Morgan fingerprint density at radius 2 is 1.58 bits per heavy atom. The predicted molar refractivity (Wildman–Crippen MR) is 128 cm³/mol. The summed E-state index contributed by atoms with van der Waals surface area (Å²) in [5, 5.41) is 4.31. The van der Waals surface area contributed by atoms with Crippen molar-refractivity contribution in [1.82, 2.24) is 19.8 Å². The summed E-state index contributed by atoms with van der Waals surface area (Å²) >= 11 is 5.84. The third-order valence-electron chi connectivity index (χ3n) is 5.82. The van der Waals surface area contributed by atoms with E-state index in [-0.39, 0.29) is 12.1 Å². The molecule has 0 saturated carbocycles. The van der Waals surface area contributed by atoms with Crippen LogP contribution in [0.25, 0.3) is 5.69 Å². The molecular weight excluding hydrogens is 400 g/mol. The fourth-order valence-corrected chi connectivity index (χ4v) is 4.70. The molecule has 0 spiro atoms. The third kappa shape index (κ3) is 3.73. The number of hydrogen-bond donors (Lipinski definition) is 1. The first-order valence-corrected chi connectivity index (χ1v) is 10.9. The Balaban J connectivity index is 1.63. The summed E-state index contributed by atoms with van der Waals surface area (Å²) in [5.74, 6) is 0. The summed E-state index contributed by atoms with van der Waals surface area (Å²) in [7, 11) is 0. The average molecular weight is 425 g/mol. The molecule has 0 bridgehead atoms. The van der Waals surface area contributed by atoms with Crippen LogP contribution < -0.4 is 5.32 Å². The number of aromatic nitrogens is 2.